The molecule has 1 amide bonds. The van der Waals surface area contributed by atoms with Crippen LogP contribution < -0.4 is 5.32 Å². The van der Waals surface area contributed by atoms with Crippen molar-refractivity contribution in [2.75, 3.05) is 5.32 Å². The molecule has 0 spiro atoms. The Morgan fingerprint density at radius 3 is 2.47 bits per heavy atom. The molecule has 2 heterocycles. The lowest BCUT2D eigenvalue weighted by molar-refractivity contribution is -0.114. The Hall–Kier alpha value is -3.03. The van der Waals surface area contributed by atoms with E-state index >= 15 is 0 Å². The van der Waals surface area contributed by atoms with E-state index in [0.29, 0.717) is 11.3 Å². The smallest absolute Gasteiger partial charge is 0.221 e. The number of anilines is 1. The third-order valence-electron chi connectivity index (χ3n) is 4.57. The second-order valence-electron chi connectivity index (χ2n) is 6.76. The van der Waals surface area contributed by atoms with Crippen LogP contribution in [0.25, 0.3) is 21.3 Å². The maximum absolute atomic E-state index is 13.0. The lowest BCUT2D eigenvalue weighted by Crippen LogP contribution is -2.14. The first-order valence-electron chi connectivity index (χ1n) is 9.39. The second kappa shape index (κ2) is 8.77. The Balaban J connectivity index is 1.60. The molecule has 4 aromatic rings. The summed E-state index contributed by atoms with van der Waals surface area (Å²) in [5.74, 6) is -0.131. The second-order valence-corrected chi connectivity index (χ2v) is 8.94. The van der Waals surface area contributed by atoms with Crippen LogP contribution in [0.15, 0.2) is 71.3 Å². The number of thiophene rings is 1. The quantitative estimate of drug-likeness (QED) is 0.241. The molecule has 0 fully saturated rings. The molecule has 0 aliphatic rings. The molecule has 0 bridgehead atoms. The first-order chi connectivity index (χ1) is 14.5. The molecular formula is C23H19N3O2S2. The third-order valence-corrected chi connectivity index (χ3v) is 6.55. The van der Waals surface area contributed by atoms with Gasteiger partial charge >= 0.3 is 0 Å². The van der Waals surface area contributed by atoms with Gasteiger partial charge in [0.1, 0.15) is 16.2 Å². The summed E-state index contributed by atoms with van der Waals surface area (Å²) >= 11 is 3.02. The molecular weight excluding hydrogens is 414 g/mol. The van der Waals surface area contributed by atoms with Gasteiger partial charge in [-0.1, -0.05) is 42.1 Å². The molecule has 0 saturated heterocycles. The fourth-order valence-electron chi connectivity index (χ4n) is 3.14. The molecule has 0 radical (unpaired) electrons. The number of rotatable bonds is 6. The minimum Gasteiger partial charge on any atom is -0.326 e. The maximum atomic E-state index is 13.0. The van der Waals surface area contributed by atoms with Gasteiger partial charge in [0.15, 0.2) is 5.78 Å². The molecule has 0 aliphatic carbocycles. The SMILES string of the molecule is CC(=O)Nc1ccc(C(=O)C(C)Sc2ncnc3scc(-c4ccccc4)c23)cc1. The van der Waals surface area contributed by atoms with Crippen molar-refractivity contribution >= 4 is 50.7 Å². The van der Waals surface area contributed by atoms with Crippen molar-refractivity contribution in [1.29, 1.82) is 0 Å². The van der Waals surface area contributed by atoms with Crippen LogP contribution in [0.5, 0.6) is 0 Å². The Labute approximate surface area is 182 Å². The fourth-order valence-corrected chi connectivity index (χ4v) is 5.13. The molecule has 2 aromatic heterocycles. The molecule has 0 saturated carbocycles. The number of ketones is 1. The van der Waals surface area contributed by atoms with Crippen LogP contribution in [0.1, 0.15) is 24.2 Å². The number of hydrogen-bond donors (Lipinski definition) is 1. The number of fused-ring (bicyclic) bond motifs is 1. The monoisotopic (exact) mass is 433 g/mol. The Kier molecular flexibility index (Phi) is 5.92. The zero-order valence-electron chi connectivity index (χ0n) is 16.5. The molecule has 5 nitrogen and oxygen atoms in total. The summed E-state index contributed by atoms with van der Waals surface area (Å²) in [6.07, 6.45) is 1.55. The fraction of sp³-hybridized carbons (Fsp3) is 0.130. The van der Waals surface area contributed by atoms with Gasteiger partial charge in [-0.05, 0) is 36.8 Å². The Bertz CT molecular complexity index is 1200. The normalized spacial score (nSPS) is 11.9. The summed E-state index contributed by atoms with van der Waals surface area (Å²) in [7, 11) is 0. The number of amides is 1. The Morgan fingerprint density at radius 1 is 1.03 bits per heavy atom. The summed E-state index contributed by atoms with van der Waals surface area (Å²) in [6.45, 7) is 3.34. The van der Waals surface area contributed by atoms with E-state index < -0.39 is 0 Å². The van der Waals surface area contributed by atoms with Crippen molar-refractivity contribution in [3.63, 3.8) is 0 Å². The average molecular weight is 434 g/mol. The highest BCUT2D eigenvalue weighted by Crippen LogP contribution is 2.39. The van der Waals surface area contributed by atoms with Gasteiger partial charge in [-0.25, -0.2) is 9.97 Å². The van der Waals surface area contributed by atoms with Crippen LogP contribution in [-0.4, -0.2) is 26.9 Å². The minimum absolute atomic E-state index is 0.0117. The van der Waals surface area contributed by atoms with Crippen molar-refractivity contribution in [3.8, 4) is 11.1 Å². The summed E-state index contributed by atoms with van der Waals surface area (Å²) in [4.78, 5) is 33.9. The van der Waals surface area contributed by atoms with E-state index in [0.717, 1.165) is 26.4 Å². The van der Waals surface area contributed by atoms with E-state index in [1.807, 2.05) is 25.1 Å². The van der Waals surface area contributed by atoms with Crippen LogP contribution in [0.3, 0.4) is 0 Å². The Morgan fingerprint density at radius 2 is 1.77 bits per heavy atom. The molecule has 0 aliphatic heterocycles. The van der Waals surface area contributed by atoms with Gasteiger partial charge in [-0.3, -0.25) is 9.59 Å². The summed E-state index contributed by atoms with van der Waals surface area (Å²) < 4.78 is 0. The van der Waals surface area contributed by atoms with Crippen LogP contribution in [-0.2, 0) is 4.79 Å². The van der Waals surface area contributed by atoms with E-state index in [4.69, 9.17) is 0 Å². The van der Waals surface area contributed by atoms with Gasteiger partial charge in [0.2, 0.25) is 5.91 Å². The number of nitrogens with one attached hydrogen (secondary N) is 1. The zero-order chi connectivity index (χ0) is 21.1. The number of carbonyl (C=O) groups excluding carboxylic acids is 2. The van der Waals surface area contributed by atoms with Gasteiger partial charge in [-0.2, -0.15) is 0 Å². The lowest BCUT2D eigenvalue weighted by Gasteiger charge is -2.12. The van der Waals surface area contributed by atoms with E-state index in [1.54, 1.807) is 41.9 Å². The highest BCUT2D eigenvalue weighted by atomic mass is 32.2. The van der Waals surface area contributed by atoms with Gasteiger partial charge in [0.25, 0.3) is 0 Å². The van der Waals surface area contributed by atoms with Crippen LogP contribution in [0.2, 0.25) is 0 Å². The predicted molar refractivity (Wildman–Crippen MR) is 123 cm³/mol. The first-order valence-corrected chi connectivity index (χ1v) is 11.1. The number of hydrogen-bond acceptors (Lipinski definition) is 6. The van der Waals surface area contributed by atoms with Crippen LogP contribution in [0.4, 0.5) is 5.69 Å². The van der Waals surface area contributed by atoms with Crippen molar-refractivity contribution < 1.29 is 9.59 Å². The number of aromatic nitrogens is 2. The largest absolute Gasteiger partial charge is 0.326 e. The highest BCUT2D eigenvalue weighted by Gasteiger charge is 2.21. The minimum atomic E-state index is -0.321. The van der Waals surface area contributed by atoms with Gasteiger partial charge in [-0.15, -0.1) is 11.3 Å². The van der Waals surface area contributed by atoms with Crippen molar-refractivity contribution in [3.05, 3.63) is 71.9 Å². The molecule has 7 heteroatoms. The molecule has 1 unspecified atom stereocenters. The molecule has 1 atom stereocenters. The summed E-state index contributed by atoms with van der Waals surface area (Å²) in [6, 6.07) is 17.1. The van der Waals surface area contributed by atoms with Crippen LogP contribution in [0, 0.1) is 0 Å². The number of nitrogens with zero attached hydrogens (tertiary/aromatic N) is 2. The summed E-state index contributed by atoms with van der Waals surface area (Å²) in [5, 5.41) is 6.26. The topological polar surface area (TPSA) is 72.0 Å². The van der Waals surface area contributed by atoms with Gasteiger partial charge in [0.05, 0.1) is 10.6 Å². The zero-order valence-corrected chi connectivity index (χ0v) is 18.1. The number of benzene rings is 2. The van der Waals surface area contributed by atoms with Gasteiger partial charge < -0.3 is 5.32 Å². The molecule has 30 heavy (non-hydrogen) atoms. The van der Waals surface area contributed by atoms with E-state index in [1.165, 1.54) is 18.7 Å². The number of carbonyl (C=O) groups is 2. The van der Waals surface area contributed by atoms with E-state index in [2.05, 4.69) is 32.8 Å². The van der Waals surface area contributed by atoms with Crippen LogP contribution >= 0.6 is 23.1 Å². The maximum Gasteiger partial charge on any atom is 0.221 e. The highest BCUT2D eigenvalue weighted by molar-refractivity contribution is 8.00. The standard InChI is InChI=1S/C23H19N3O2S2/c1-14(21(28)17-8-10-18(11-9-17)26-15(2)27)30-23-20-19(16-6-4-3-5-7-16)12-29-22(20)24-13-25-23/h3-14H,1-2H3,(H,26,27). The summed E-state index contributed by atoms with van der Waals surface area (Å²) in [5.41, 5.74) is 3.46. The van der Waals surface area contributed by atoms with Crippen molar-refractivity contribution in [1.82, 2.24) is 9.97 Å². The molecule has 1 N–H and O–H groups in total. The number of thioether (sulfide) groups is 1. The van der Waals surface area contributed by atoms with E-state index in [-0.39, 0.29) is 16.9 Å². The molecule has 150 valence electrons. The average Bonchev–Trinajstić information content (AvgIpc) is 3.19. The molecule has 4 rings (SSSR count). The number of Topliss-reactive ketones (excluding diaryl/α,β-unsaturated/α-hetero) is 1. The van der Waals surface area contributed by atoms with E-state index in [9.17, 15) is 9.59 Å². The predicted octanol–water partition coefficient (Wildman–Crippen LogP) is 5.68. The third kappa shape index (κ3) is 4.27. The first kappa shape index (κ1) is 20.3. The van der Waals surface area contributed by atoms with Crippen molar-refractivity contribution in [2.24, 2.45) is 0 Å². The lowest BCUT2D eigenvalue weighted by atomic mass is 10.1. The van der Waals surface area contributed by atoms with Crippen molar-refractivity contribution in [2.45, 2.75) is 24.1 Å². The van der Waals surface area contributed by atoms with Gasteiger partial charge in [0, 0.05) is 29.1 Å². The molecule has 2 aromatic carbocycles.